The second-order valence-corrected chi connectivity index (χ2v) is 5.36. The van der Waals surface area contributed by atoms with Crippen molar-refractivity contribution >= 4 is 5.69 Å². The van der Waals surface area contributed by atoms with Crippen molar-refractivity contribution in [3.05, 3.63) is 24.3 Å². The van der Waals surface area contributed by atoms with Crippen LogP contribution in [0, 0.1) is 0 Å². The van der Waals surface area contributed by atoms with E-state index in [9.17, 15) is 5.11 Å². The average Bonchev–Trinajstić information content (AvgIpc) is 2.52. The van der Waals surface area contributed by atoms with Crippen molar-refractivity contribution in [1.29, 1.82) is 0 Å². The smallest absolute Gasteiger partial charge is 0.119 e. The molecule has 0 saturated heterocycles. The number of benzene rings is 1. The first-order chi connectivity index (χ1) is 9.78. The van der Waals surface area contributed by atoms with Gasteiger partial charge in [0, 0.05) is 12.2 Å². The zero-order valence-corrected chi connectivity index (χ0v) is 12.2. The number of anilines is 1. The van der Waals surface area contributed by atoms with Gasteiger partial charge in [-0.1, -0.05) is 19.3 Å². The lowest BCUT2D eigenvalue weighted by Crippen LogP contribution is -2.28. The number of hydrogen-bond acceptors (Lipinski definition) is 4. The molecule has 1 fully saturated rings. The van der Waals surface area contributed by atoms with Crippen LogP contribution in [0.5, 0.6) is 5.75 Å². The van der Waals surface area contributed by atoms with Gasteiger partial charge in [0.15, 0.2) is 0 Å². The number of hydrogen-bond donors (Lipinski definition) is 2. The second-order valence-electron chi connectivity index (χ2n) is 5.36. The molecule has 1 aromatic carbocycles. The summed E-state index contributed by atoms with van der Waals surface area (Å²) >= 11 is 0. The van der Waals surface area contributed by atoms with Crippen LogP contribution in [-0.4, -0.2) is 37.6 Å². The quantitative estimate of drug-likeness (QED) is 0.806. The van der Waals surface area contributed by atoms with E-state index in [0.717, 1.165) is 24.3 Å². The van der Waals surface area contributed by atoms with Crippen LogP contribution in [0.1, 0.15) is 32.1 Å². The number of aliphatic hydroxyl groups is 1. The van der Waals surface area contributed by atoms with Crippen LogP contribution in [-0.2, 0) is 4.74 Å². The molecule has 1 saturated carbocycles. The first-order valence-electron chi connectivity index (χ1n) is 7.45. The maximum atomic E-state index is 9.93. The first-order valence-corrected chi connectivity index (χ1v) is 7.45. The molecule has 0 bridgehead atoms. The van der Waals surface area contributed by atoms with Crippen molar-refractivity contribution in [2.45, 2.75) is 44.3 Å². The number of aliphatic hydroxyl groups excluding tert-OH is 1. The third kappa shape index (κ3) is 5.02. The topological polar surface area (TPSA) is 50.7 Å². The van der Waals surface area contributed by atoms with Crippen molar-refractivity contribution in [3.63, 3.8) is 0 Å². The minimum Gasteiger partial charge on any atom is -0.497 e. The minimum absolute atomic E-state index is 0.347. The van der Waals surface area contributed by atoms with Gasteiger partial charge < -0.3 is 19.9 Å². The summed E-state index contributed by atoms with van der Waals surface area (Å²) in [7, 11) is 1.65. The van der Waals surface area contributed by atoms with Gasteiger partial charge >= 0.3 is 0 Å². The van der Waals surface area contributed by atoms with Crippen molar-refractivity contribution in [2.75, 3.05) is 25.6 Å². The maximum Gasteiger partial charge on any atom is 0.119 e. The highest BCUT2D eigenvalue weighted by Gasteiger charge is 2.15. The summed E-state index contributed by atoms with van der Waals surface area (Å²) in [5, 5.41) is 13.1. The van der Waals surface area contributed by atoms with E-state index in [-0.39, 0.29) is 0 Å². The van der Waals surface area contributed by atoms with Crippen molar-refractivity contribution < 1.29 is 14.6 Å². The van der Waals surface area contributed by atoms with E-state index in [0.29, 0.717) is 19.3 Å². The maximum absolute atomic E-state index is 9.93. The molecular formula is C16H25NO3. The van der Waals surface area contributed by atoms with Crippen LogP contribution in [0.2, 0.25) is 0 Å². The van der Waals surface area contributed by atoms with Crippen molar-refractivity contribution in [3.8, 4) is 5.75 Å². The van der Waals surface area contributed by atoms with E-state index < -0.39 is 6.10 Å². The van der Waals surface area contributed by atoms with Crippen molar-refractivity contribution in [1.82, 2.24) is 0 Å². The zero-order valence-electron chi connectivity index (χ0n) is 12.2. The summed E-state index contributed by atoms with van der Waals surface area (Å²) in [6.45, 7) is 0.910. The van der Waals surface area contributed by atoms with Gasteiger partial charge in [0.2, 0.25) is 0 Å². The third-order valence-electron chi connectivity index (χ3n) is 3.71. The lowest BCUT2D eigenvalue weighted by Gasteiger charge is -2.23. The first kappa shape index (κ1) is 15.1. The minimum atomic E-state index is -0.473. The Balaban J connectivity index is 1.64. The second kappa shape index (κ2) is 8.12. The molecule has 20 heavy (non-hydrogen) atoms. The summed E-state index contributed by atoms with van der Waals surface area (Å²) in [6, 6.07) is 7.67. The molecule has 0 spiro atoms. The summed E-state index contributed by atoms with van der Waals surface area (Å²) in [6.07, 6.45) is 5.98. The van der Waals surface area contributed by atoms with Crippen LogP contribution in [0.4, 0.5) is 5.69 Å². The number of methoxy groups -OCH3 is 1. The molecule has 0 aliphatic heterocycles. The molecule has 1 atom stereocenters. The van der Waals surface area contributed by atoms with Gasteiger partial charge in [0.05, 0.1) is 25.9 Å². The summed E-state index contributed by atoms with van der Waals surface area (Å²) in [5.74, 6) is 0.830. The Hall–Kier alpha value is -1.26. The Morgan fingerprint density at radius 2 is 1.90 bits per heavy atom. The van der Waals surface area contributed by atoms with Crippen LogP contribution >= 0.6 is 0 Å². The van der Waals surface area contributed by atoms with E-state index in [2.05, 4.69) is 5.32 Å². The Morgan fingerprint density at radius 1 is 1.20 bits per heavy atom. The van der Waals surface area contributed by atoms with E-state index in [1.807, 2.05) is 24.3 Å². The monoisotopic (exact) mass is 279 g/mol. The van der Waals surface area contributed by atoms with Gasteiger partial charge in [-0.25, -0.2) is 0 Å². The largest absolute Gasteiger partial charge is 0.497 e. The number of ether oxygens (including phenoxy) is 2. The Morgan fingerprint density at radius 3 is 2.55 bits per heavy atom. The number of rotatable bonds is 7. The SMILES string of the molecule is COc1ccc(NCC(O)COC2CCCCC2)cc1. The van der Waals surface area contributed by atoms with Crippen LogP contribution in [0.25, 0.3) is 0 Å². The summed E-state index contributed by atoms with van der Waals surface area (Å²) < 4.78 is 10.9. The van der Waals surface area contributed by atoms with E-state index in [4.69, 9.17) is 9.47 Å². The molecule has 4 heteroatoms. The van der Waals surface area contributed by atoms with Crippen LogP contribution < -0.4 is 10.1 Å². The molecule has 1 unspecified atom stereocenters. The summed E-state index contributed by atoms with van der Waals surface area (Å²) in [5.41, 5.74) is 0.975. The summed E-state index contributed by atoms with van der Waals surface area (Å²) in [4.78, 5) is 0. The Kier molecular flexibility index (Phi) is 6.15. The van der Waals surface area contributed by atoms with Crippen LogP contribution in [0.3, 0.4) is 0 Å². The average molecular weight is 279 g/mol. The van der Waals surface area contributed by atoms with E-state index in [1.165, 1.54) is 19.3 Å². The highest BCUT2D eigenvalue weighted by Crippen LogP contribution is 2.20. The van der Waals surface area contributed by atoms with Gasteiger partial charge in [-0.3, -0.25) is 0 Å². The fourth-order valence-electron chi connectivity index (χ4n) is 2.48. The molecule has 0 heterocycles. The third-order valence-corrected chi connectivity index (χ3v) is 3.71. The predicted molar refractivity (Wildman–Crippen MR) is 80.3 cm³/mol. The molecular weight excluding hydrogens is 254 g/mol. The van der Waals surface area contributed by atoms with Gasteiger partial charge in [-0.15, -0.1) is 0 Å². The zero-order chi connectivity index (χ0) is 14.2. The number of nitrogens with one attached hydrogen (secondary N) is 1. The standard InChI is InChI=1S/C16H25NO3/c1-19-15-9-7-13(8-10-15)17-11-14(18)12-20-16-5-3-2-4-6-16/h7-10,14,16-18H,2-6,11-12H2,1H3. The molecule has 1 aliphatic carbocycles. The fourth-order valence-corrected chi connectivity index (χ4v) is 2.48. The molecule has 2 rings (SSSR count). The molecule has 4 nitrogen and oxygen atoms in total. The molecule has 0 radical (unpaired) electrons. The fraction of sp³-hybridized carbons (Fsp3) is 0.625. The predicted octanol–water partition coefficient (Wildman–Crippen LogP) is 2.82. The Bertz CT molecular complexity index is 374. The molecule has 1 aliphatic rings. The van der Waals surface area contributed by atoms with Gasteiger partial charge in [-0.05, 0) is 37.1 Å². The molecule has 0 amide bonds. The molecule has 1 aromatic rings. The van der Waals surface area contributed by atoms with Gasteiger partial charge in [0.25, 0.3) is 0 Å². The lowest BCUT2D eigenvalue weighted by atomic mass is 9.98. The lowest BCUT2D eigenvalue weighted by molar-refractivity contribution is -0.0195. The molecule has 0 aromatic heterocycles. The van der Waals surface area contributed by atoms with Gasteiger partial charge in [0.1, 0.15) is 5.75 Å². The Labute approximate surface area is 121 Å². The normalized spacial score (nSPS) is 17.7. The van der Waals surface area contributed by atoms with Gasteiger partial charge in [-0.2, -0.15) is 0 Å². The van der Waals surface area contributed by atoms with Crippen molar-refractivity contribution in [2.24, 2.45) is 0 Å². The highest BCUT2D eigenvalue weighted by molar-refractivity contribution is 5.46. The van der Waals surface area contributed by atoms with E-state index >= 15 is 0 Å². The highest BCUT2D eigenvalue weighted by atomic mass is 16.5. The molecule has 112 valence electrons. The van der Waals surface area contributed by atoms with E-state index in [1.54, 1.807) is 7.11 Å². The van der Waals surface area contributed by atoms with Crippen LogP contribution in [0.15, 0.2) is 24.3 Å². The molecule has 2 N–H and O–H groups in total.